The molecule has 0 radical (unpaired) electrons. The first-order chi connectivity index (χ1) is 12.6. The van der Waals surface area contributed by atoms with Crippen LogP contribution >= 0.6 is 11.5 Å². The summed E-state index contributed by atoms with van der Waals surface area (Å²) in [5, 5.41) is 9.41. The van der Waals surface area contributed by atoms with Crippen LogP contribution in [0, 0.1) is 29.0 Å². The van der Waals surface area contributed by atoms with Crippen molar-refractivity contribution in [3.63, 3.8) is 0 Å². The number of rotatable bonds is 3. The van der Waals surface area contributed by atoms with Crippen LogP contribution in [0.4, 0.5) is 15.1 Å². The first-order valence-electron chi connectivity index (χ1n) is 8.51. The van der Waals surface area contributed by atoms with Gasteiger partial charge in [-0.3, -0.25) is 9.17 Å². The Kier molecular flexibility index (Phi) is 4.14. The average Bonchev–Trinajstić information content (AvgIpc) is 3.38. The number of hydrogen-bond acceptors (Lipinski definition) is 4. The number of benzene rings is 1. The number of fused-ring (bicyclic) bond motifs is 2. The number of halogens is 1. The fourth-order valence-corrected chi connectivity index (χ4v) is 4.14. The van der Waals surface area contributed by atoms with E-state index in [-0.39, 0.29) is 5.56 Å². The normalized spacial score (nSPS) is 14.9. The Hall–Kier alpha value is -2.83. The van der Waals surface area contributed by atoms with Gasteiger partial charge in [-0.15, -0.1) is 0 Å². The van der Waals surface area contributed by atoms with Crippen molar-refractivity contribution < 1.29 is 4.39 Å². The second kappa shape index (κ2) is 6.48. The molecule has 4 rings (SSSR count). The molecule has 0 saturated heterocycles. The van der Waals surface area contributed by atoms with Gasteiger partial charge >= 0.3 is 0 Å². The van der Waals surface area contributed by atoms with Crippen LogP contribution in [0.15, 0.2) is 23.5 Å². The predicted molar refractivity (Wildman–Crippen MR) is 101 cm³/mol. The van der Waals surface area contributed by atoms with Crippen LogP contribution in [0.5, 0.6) is 0 Å². The maximum atomic E-state index is 14.6. The number of nitrogens with one attached hydrogen (secondary N) is 1. The van der Waals surface area contributed by atoms with E-state index in [1.807, 2.05) is 0 Å². The van der Waals surface area contributed by atoms with E-state index in [0.717, 1.165) is 23.5 Å². The van der Waals surface area contributed by atoms with Gasteiger partial charge in [0.05, 0.1) is 22.9 Å². The zero-order valence-electron chi connectivity index (χ0n) is 14.1. The summed E-state index contributed by atoms with van der Waals surface area (Å²) in [6.07, 6.45) is 3.79. The highest BCUT2D eigenvalue weighted by atomic mass is 32.1. The average molecular weight is 365 g/mol. The van der Waals surface area contributed by atoms with Gasteiger partial charge in [0.1, 0.15) is 10.8 Å². The fraction of sp³-hybridized carbons (Fsp3) is 0.300. The summed E-state index contributed by atoms with van der Waals surface area (Å²) in [5.41, 5.74) is 2.79. The van der Waals surface area contributed by atoms with Crippen molar-refractivity contribution in [2.75, 3.05) is 4.90 Å². The SMILES string of the molecule is C=C1c2cc(F)c(C#CCCCC#N)cc2N(C2CC2)c2s[nH]c(=O)c21. The molecule has 4 nitrogen and oxygen atoms in total. The molecule has 0 amide bonds. The van der Waals surface area contributed by atoms with Crippen molar-refractivity contribution in [1.82, 2.24) is 4.37 Å². The number of anilines is 2. The van der Waals surface area contributed by atoms with Crippen LogP contribution < -0.4 is 10.5 Å². The van der Waals surface area contributed by atoms with E-state index in [0.29, 0.717) is 47.6 Å². The fourth-order valence-electron chi connectivity index (χ4n) is 3.18. The Morgan fingerprint density at radius 3 is 2.92 bits per heavy atom. The topological polar surface area (TPSA) is 59.9 Å². The van der Waals surface area contributed by atoms with Crippen LogP contribution in [-0.4, -0.2) is 10.4 Å². The van der Waals surface area contributed by atoms with E-state index in [9.17, 15) is 9.18 Å². The number of nitrogens with zero attached hydrogens (tertiary/aromatic N) is 2. The minimum atomic E-state index is -0.413. The van der Waals surface area contributed by atoms with E-state index < -0.39 is 5.82 Å². The van der Waals surface area contributed by atoms with Gasteiger partial charge in [0.2, 0.25) is 0 Å². The van der Waals surface area contributed by atoms with Crippen LogP contribution in [0.1, 0.15) is 48.8 Å². The molecule has 1 N–H and O–H groups in total. The van der Waals surface area contributed by atoms with E-state index in [4.69, 9.17) is 5.26 Å². The molecular formula is C20H16FN3OS. The van der Waals surface area contributed by atoms with E-state index in [2.05, 4.69) is 33.8 Å². The van der Waals surface area contributed by atoms with Gasteiger partial charge < -0.3 is 4.90 Å². The number of aromatic amines is 1. The molecule has 2 aliphatic rings. The zero-order valence-corrected chi connectivity index (χ0v) is 14.9. The summed E-state index contributed by atoms with van der Waals surface area (Å²) in [5.74, 6) is 5.42. The van der Waals surface area contributed by atoms with E-state index in [1.165, 1.54) is 17.6 Å². The predicted octanol–water partition coefficient (Wildman–Crippen LogP) is 4.30. The zero-order chi connectivity index (χ0) is 18.3. The molecule has 2 aromatic rings. The van der Waals surface area contributed by atoms with Gasteiger partial charge in [-0.05, 0) is 48.5 Å². The lowest BCUT2D eigenvalue weighted by atomic mass is 9.93. The van der Waals surface area contributed by atoms with Gasteiger partial charge in [-0.25, -0.2) is 4.39 Å². The van der Waals surface area contributed by atoms with Crippen LogP contribution in [0.3, 0.4) is 0 Å². The number of aromatic nitrogens is 1. The van der Waals surface area contributed by atoms with Gasteiger partial charge in [-0.1, -0.05) is 18.4 Å². The van der Waals surface area contributed by atoms with E-state index >= 15 is 0 Å². The van der Waals surface area contributed by atoms with Crippen LogP contribution in [-0.2, 0) is 0 Å². The summed E-state index contributed by atoms with van der Waals surface area (Å²) in [7, 11) is 0. The monoisotopic (exact) mass is 365 g/mol. The molecule has 1 aliphatic carbocycles. The standard InChI is InChI=1S/C20H16FN3OS/c1-12-15-11-16(21)13(6-4-2-3-5-9-22)10-17(15)24(14-7-8-14)20-18(12)19(25)23-26-20/h10-11,14H,1-3,5,7-8H2,(H,23,25). The first-order valence-corrected chi connectivity index (χ1v) is 9.33. The molecule has 130 valence electrons. The number of unbranched alkanes of at least 4 members (excludes halogenated alkanes) is 2. The molecule has 1 fully saturated rings. The number of nitriles is 1. The molecule has 0 atom stereocenters. The molecule has 1 saturated carbocycles. The molecule has 1 aliphatic heterocycles. The van der Waals surface area contributed by atoms with Gasteiger partial charge in [0.25, 0.3) is 5.56 Å². The third kappa shape index (κ3) is 2.73. The molecule has 0 bridgehead atoms. The maximum Gasteiger partial charge on any atom is 0.268 e. The molecule has 0 spiro atoms. The summed E-state index contributed by atoms with van der Waals surface area (Å²) in [4.78, 5) is 14.3. The molecule has 2 heterocycles. The third-order valence-corrected chi connectivity index (χ3v) is 5.48. The lowest BCUT2D eigenvalue weighted by molar-refractivity contribution is 0.623. The maximum absolute atomic E-state index is 14.6. The van der Waals surface area contributed by atoms with Gasteiger partial charge in [0, 0.05) is 24.4 Å². The van der Waals surface area contributed by atoms with E-state index in [1.54, 1.807) is 6.07 Å². The minimum absolute atomic E-state index is 0.173. The number of H-pyrrole nitrogens is 1. The third-order valence-electron chi connectivity index (χ3n) is 4.60. The highest BCUT2D eigenvalue weighted by Gasteiger charge is 2.39. The minimum Gasteiger partial charge on any atom is -0.328 e. The Balaban J connectivity index is 1.77. The second-order valence-electron chi connectivity index (χ2n) is 6.46. The highest BCUT2D eigenvalue weighted by molar-refractivity contribution is 7.10. The highest BCUT2D eigenvalue weighted by Crippen LogP contribution is 2.50. The smallest absolute Gasteiger partial charge is 0.268 e. The van der Waals surface area contributed by atoms with Crippen molar-refractivity contribution in [3.05, 3.63) is 51.6 Å². The lowest BCUT2D eigenvalue weighted by Gasteiger charge is -2.31. The Bertz CT molecular complexity index is 1060. The van der Waals surface area contributed by atoms with Crippen molar-refractivity contribution in [2.24, 2.45) is 0 Å². The van der Waals surface area contributed by atoms with Gasteiger partial charge in [0.15, 0.2) is 0 Å². The molecule has 6 heteroatoms. The summed E-state index contributed by atoms with van der Waals surface area (Å²) >= 11 is 1.30. The second-order valence-corrected chi connectivity index (χ2v) is 7.25. The van der Waals surface area contributed by atoms with Crippen molar-refractivity contribution in [2.45, 2.75) is 38.1 Å². The summed E-state index contributed by atoms with van der Waals surface area (Å²) in [6, 6.07) is 5.60. The van der Waals surface area contributed by atoms with Crippen LogP contribution in [0.2, 0.25) is 0 Å². The molecule has 1 aromatic heterocycles. The lowest BCUT2D eigenvalue weighted by Crippen LogP contribution is -2.26. The number of hydrogen-bond donors (Lipinski definition) is 1. The van der Waals surface area contributed by atoms with Gasteiger partial charge in [-0.2, -0.15) is 5.26 Å². The van der Waals surface area contributed by atoms with Crippen molar-refractivity contribution in [3.8, 4) is 17.9 Å². The molecule has 1 aromatic carbocycles. The Morgan fingerprint density at radius 2 is 2.19 bits per heavy atom. The first kappa shape index (κ1) is 16.6. The molecular weight excluding hydrogens is 349 g/mol. The Morgan fingerprint density at radius 1 is 1.38 bits per heavy atom. The van der Waals surface area contributed by atoms with Crippen molar-refractivity contribution >= 4 is 27.8 Å². The summed E-state index contributed by atoms with van der Waals surface area (Å²) in [6.45, 7) is 4.04. The quantitative estimate of drug-likeness (QED) is 0.652. The molecule has 0 unspecified atom stereocenters. The largest absolute Gasteiger partial charge is 0.328 e. The summed E-state index contributed by atoms with van der Waals surface area (Å²) < 4.78 is 17.4. The van der Waals surface area contributed by atoms with Crippen molar-refractivity contribution in [1.29, 1.82) is 5.26 Å². The van der Waals surface area contributed by atoms with Crippen LogP contribution in [0.25, 0.3) is 5.57 Å². The molecule has 26 heavy (non-hydrogen) atoms. The Labute approximate surface area is 154 Å².